The molecule has 0 unspecified atom stereocenters. The minimum absolute atomic E-state index is 0.314. The van der Waals surface area contributed by atoms with Crippen molar-refractivity contribution in [1.29, 1.82) is 0 Å². The Morgan fingerprint density at radius 3 is 2.52 bits per heavy atom. The van der Waals surface area contributed by atoms with Gasteiger partial charge in [-0.25, -0.2) is 8.42 Å². The highest BCUT2D eigenvalue weighted by Gasteiger charge is 2.20. The van der Waals surface area contributed by atoms with Crippen molar-refractivity contribution in [2.75, 3.05) is 6.61 Å². The van der Waals surface area contributed by atoms with Gasteiger partial charge in [0.05, 0.1) is 9.82 Å². The summed E-state index contributed by atoms with van der Waals surface area (Å²) in [6.45, 7) is 2.81. The first-order chi connectivity index (χ1) is 12.6. The molecule has 2 N–H and O–H groups in total. The van der Waals surface area contributed by atoms with Gasteiger partial charge in [-0.2, -0.15) is 0 Å². The Kier molecular flexibility index (Phi) is 6.37. The average Bonchev–Trinajstić information content (AvgIpc) is 2.61. The van der Waals surface area contributed by atoms with Crippen molar-refractivity contribution in [3.8, 4) is 5.75 Å². The molecule has 0 radical (unpaired) electrons. The number of nitrogens with one attached hydrogen (secondary N) is 2. The number of carbonyl (C=O) groups excluding carboxylic acids is 1. The maximum absolute atomic E-state index is 12.2. The number of nitro groups is 1. The third kappa shape index (κ3) is 5.39. The number of aryl methyl sites for hydroxylation is 2. The van der Waals surface area contributed by atoms with Gasteiger partial charge in [-0.05, 0) is 43.7 Å². The number of rotatable bonds is 7. The fraction of sp³-hybridized carbons (Fsp3) is 0.188. The molecule has 144 valence electrons. The molecule has 0 aliphatic heterocycles. The van der Waals surface area contributed by atoms with E-state index < -0.39 is 27.5 Å². The maximum atomic E-state index is 12.2. The number of hydrogen-bond acceptors (Lipinski definition) is 6. The number of benzene rings is 2. The number of amides is 1. The maximum Gasteiger partial charge on any atom is 0.273 e. The Morgan fingerprint density at radius 1 is 1.19 bits per heavy atom. The number of carbonyl (C=O) groups is 1. The molecule has 0 saturated heterocycles. The summed E-state index contributed by atoms with van der Waals surface area (Å²) in [4.78, 5) is 23.5. The van der Waals surface area contributed by atoms with Crippen LogP contribution in [0.3, 0.4) is 0 Å². The summed E-state index contributed by atoms with van der Waals surface area (Å²) in [5.41, 5.74) is 2.72. The summed E-state index contributed by atoms with van der Waals surface area (Å²) in [6, 6.07) is 8.22. The molecular weight excluding hydrogens is 398 g/mol. The summed E-state index contributed by atoms with van der Waals surface area (Å²) in [5.74, 6) is -0.364. The third-order valence-electron chi connectivity index (χ3n) is 3.51. The predicted octanol–water partition coefficient (Wildman–Crippen LogP) is 2.25. The van der Waals surface area contributed by atoms with Crippen molar-refractivity contribution in [2.24, 2.45) is 0 Å². The molecule has 0 fully saturated rings. The molecule has 0 bridgehead atoms. The van der Waals surface area contributed by atoms with E-state index in [4.69, 9.17) is 16.3 Å². The number of sulfonamides is 1. The van der Waals surface area contributed by atoms with E-state index in [0.717, 1.165) is 11.6 Å². The van der Waals surface area contributed by atoms with Crippen LogP contribution >= 0.6 is 11.6 Å². The first-order valence-corrected chi connectivity index (χ1v) is 9.41. The standard InChI is InChI=1S/C16H16ClN3O6S/c1-10-3-5-13(8-15(10)20(22)23)27(24,25)19-18-16(21)9-26-12-4-6-14(17)11(2)7-12/h3-8,19H,9H2,1-2H3,(H,18,21). The predicted molar refractivity (Wildman–Crippen MR) is 98.0 cm³/mol. The summed E-state index contributed by atoms with van der Waals surface area (Å²) >= 11 is 5.89. The SMILES string of the molecule is Cc1cc(OCC(=O)NNS(=O)(=O)c2ccc(C)c([N+](=O)[O-])c2)ccc1Cl. The highest BCUT2D eigenvalue weighted by Crippen LogP contribution is 2.22. The van der Waals surface area contributed by atoms with Crippen LogP contribution in [0.15, 0.2) is 41.3 Å². The zero-order chi connectivity index (χ0) is 20.2. The highest BCUT2D eigenvalue weighted by atomic mass is 35.5. The van der Waals surface area contributed by atoms with Gasteiger partial charge in [0.2, 0.25) is 0 Å². The molecule has 1 amide bonds. The van der Waals surface area contributed by atoms with Crippen LogP contribution in [0.25, 0.3) is 0 Å². The van der Waals surface area contributed by atoms with Crippen LogP contribution in [0.1, 0.15) is 11.1 Å². The Labute approximate surface area is 160 Å². The quantitative estimate of drug-likeness (QED) is 0.529. The normalized spacial score (nSPS) is 11.1. The zero-order valence-corrected chi connectivity index (χ0v) is 15.9. The molecule has 0 heterocycles. The fourth-order valence-electron chi connectivity index (χ4n) is 2.03. The van der Waals surface area contributed by atoms with E-state index in [2.05, 4.69) is 0 Å². The van der Waals surface area contributed by atoms with E-state index >= 15 is 0 Å². The lowest BCUT2D eigenvalue weighted by atomic mass is 10.2. The molecule has 27 heavy (non-hydrogen) atoms. The average molecular weight is 414 g/mol. The van der Waals surface area contributed by atoms with Crippen molar-refractivity contribution in [2.45, 2.75) is 18.7 Å². The molecule has 9 nitrogen and oxygen atoms in total. The number of nitrogens with zero attached hydrogens (tertiary/aromatic N) is 1. The van der Waals surface area contributed by atoms with E-state index in [9.17, 15) is 23.3 Å². The van der Waals surface area contributed by atoms with Crippen molar-refractivity contribution in [3.05, 3.63) is 62.7 Å². The van der Waals surface area contributed by atoms with Crippen LogP contribution in [0.5, 0.6) is 5.75 Å². The smallest absolute Gasteiger partial charge is 0.273 e. The Hall–Kier alpha value is -2.69. The van der Waals surface area contributed by atoms with Crippen LogP contribution in [0.2, 0.25) is 5.02 Å². The van der Waals surface area contributed by atoms with Crippen LogP contribution in [0, 0.1) is 24.0 Å². The first kappa shape index (κ1) is 20.6. The van der Waals surface area contributed by atoms with E-state index in [1.54, 1.807) is 25.1 Å². The van der Waals surface area contributed by atoms with Gasteiger partial charge in [0.15, 0.2) is 6.61 Å². The van der Waals surface area contributed by atoms with Gasteiger partial charge in [-0.15, -0.1) is 4.83 Å². The Bertz CT molecular complexity index is 994. The summed E-state index contributed by atoms with van der Waals surface area (Å²) in [6.07, 6.45) is 0. The monoisotopic (exact) mass is 413 g/mol. The number of hydrazine groups is 1. The van der Waals surface area contributed by atoms with Crippen molar-refractivity contribution < 1.29 is 22.9 Å². The van der Waals surface area contributed by atoms with Crippen molar-refractivity contribution >= 4 is 33.2 Å². The van der Waals surface area contributed by atoms with E-state index in [1.807, 2.05) is 10.3 Å². The van der Waals surface area contributed by atoms with E-state index in [0.29, 0.717) is 16.3 Å². The second-order valence-corrected chi connectivity index (χ2v) is 7.65. The first-order valence-electron chi connectivity index (χ1n) is 7.55. The Balaban J connectivity index is 1.98. The van der Waals surface area contributed by atoms with Gasteiger partial charge in [-0.1, -0.05) is 17.7 Å². The van der Waals surface area contributed by atoms with Gasteiger partial charge in [-0.3, -0.25) is 20.3 Å². The summed E-state index contributed by atoms with van der Waals surface area (Å²) < 4.78 is 29.6. The van der Waals surface area contributed by atoms with Crippen molar-refractivity contribution in [1.82, 2.24) is 10.3 Å². The fourth-order valence-corrected chi connectivity index (χ4v) is 3.03. The zero-order valence-electron chi connectivity index (χ0n) is 14.4. The van der Waals surface area contributed by atoms with Gasteiger partial charge in [0.1, 0.15) is 5.75 Å². The highest BCUT2D eigenvalue weighted by molar-refractivity contribution is 7.89. The molecule has 0 aliphatic rings. The lowest BCUT2D eigenvalue weighted by Gasteiger charge is -2.10. The molecule has 0 aromatic heterocycles. The molecule has 0 saturated carbocycles. The molecular formula is C16H16ClN3O6S. The van der Waals surface area contributed by atoms with Gasteiger partial charge in [0.25, 0.3) is 21.6 Å². The minimum atomic E-state index is -4.18. The van der Waals surface area contributed by atoms with Gasteiger partial charge in [0, 0.05) is 16.7 Å². The lowest BCUT2D eigenvalue weighted by Crippen LogP contribution is -2.43. The van der Waals surface area contributed by atoms with Crippen LogP contribution in [-0.2, 0) is 14.8 Å². The Morgan fingerprint density at radius 2 is 1.89 bits per heavy atom. The third-order valence-corrected chi connectivity index (χ3v) is 5.18. The van der Waals surface area contributed by atoms with Gasteiger partial charge < -0.3 is 4.74 Å². The van der Waals surface area contributed by atoms with Gasteiger partial charge >= 0.3 is 0 Å². The number of nitro benzene ring substituents is 1. The van der Waals surface area contributed by atoms with Crippen LogP contribution in [-0.4, -0.2) is 25.9 Å². The number of hydrogen-bond donors (Lipinski definition) is 2. The van der Waals surface area contributed by atoms with Crippen LogP contribution < -0.4 is 15.0 Å². The molecule has 0 spiro atoms. The lowest BCUT2D eigenvalue weighted by molar-refractivity contribution is -0.385. The molecule has 2 rings (SSSR count). The summed E-state index contributed by atoms with van der Waals surface area (Å²) in [7, 11) is -4.18. The summed E-state index contributed by atoms with van der Waals surface area (Å²) in [5, 5.41) is 11.5. The molecule has 2 aromatic rings. The topological polar surface area (TPSA) is 128 Å². The number of halogens is 1. The largest absolute Gasteiger partial charge is 0.484 e. The second kappa shape index (κ2) is 8.33. The van der Waals surface area contributed by atoms with Crippen LogP contribution in [0.4, 0.5) is 5.69 Å². The molecule has 0 aliphatic carbocycles. The number of ether oxygens (including phenoxy) is 1. The molecule has 11 heteroatoms. The van der Waals surface area contributed by atoms with E-state index in [-0.39, 0.29) is 10.6 Å². The van der Waals surface area contributed by atoms with Crippen molar-refractivity contribution in [3.63, 3.8) is 0 Å². The molecule has 2 aromatic carbocycles. The molecule has 0 atom stereocenters. The van der Waals surface area contributed by atoms with E-state index in [1.165, 1.54) is 19.1 Å². The second-order valence-electron chi connectivity index (χ2n) is 5.56. The minimum Gasteiger partial charge on any atom is -0.484 e.